The fourth-order valence-electron chi connectivity index (χ4n) is 7.63. The third-order valence-electron chi connectivity index (χ3n) is 10.2. The summed E-state index contributed by atoms with van der Waals surface area (Å²) in [6.45, 7) is 10.4. The summed E-state index contributed by atoms with van der Waals surface area (Å²) in [5.41, 5.74) is 1.73. The summed E-state index contributed by atoms with van der Waals surface area (Å²) in [5.74, 6) is -0.633. The van der Waals surface area contributed by atoms with Gasteiger partial charge in [-0.3, -0.25) is 9.59 Å². The van der Waals surface area contributed by atoms with Gasteiger partial charge in [0.2, 0.25) is 5.91 Å². The molecule has 0 unspecified atom stereocenters. The van der Waals surface area contributed by atoms with Gasteiger partial charge < -0.3 is 20.0 Å². The molecule has 4 aliphatic heterocycles. The Bertz CT molecular complexity index is 1630. The number of amides is 2. The van der Waals surface area contributed by atoms with E-state index in [0.717, 1.165) is 37.1 Å². The molecule has 5 aliphatic rings. The highest BCUT2D eigenvalue weighted by Crippen LogP contribution is 2.56. The summed E-state index contributed by atoms with van der Waals surface area (Å²) < 4.78 is 15.0. The second-order valence-corrected chi connectivity index (χ2v) is 15.4. The van der Waals surface area contributed by atoms with Crippen molar-refractivity contribution in [1.82, 2.24) is 20.0 Å². The average molecular weight is 671 g/mol. The number of rotatable bonds is 5. The number of nitrogens with one attached hydrogen (secondary N) is 1. The van der Waals surface area contributed by atoms with Gasteiger partial charge in [0.15, 0.2) is 5.17 Å². The molecule has 1 aliphatic carbocycles. The Kier molecular flexibility index (Phi) is 7.78. The monoisotopic (exact) mass is 669 g/mol. The van der Waals surface area contributed by atoms with E-state index in [1.165, 1.54) is 17.8 Å². The molecule has 2 aromatic carbocycles. The van der Waals surface area contributed by atoms with Crippen LogP contribution in [0.25, 0.3) is 0 Å². The molecule has 1 saturated carbocycles. The van der Waals surface area contributed by atoms with Gasteiger partial charge in [-0.15, -0.1) is 0 Å². The molecule has 2 amide bonds. The molecule has 2 aromatic rings. The smallest absolute Gasteiger partial charge is 0.263 e. The normalized spacial score (nSPS) is 28.8. The van der Waals surface area contributed by atoms with Crippen molar-refractivity contribution in [1.29, 1.82) is 0 Å². The number of nitrogens with zero attached hydrogens (tertiary/aromatic N) is 4. The number of amidine groups is 1. The first-order valence-corrected chi connectivity index (χ1v) is 17.4. The van der Waals surface area contributed by atoms with Crippen LogP contribution >= 0.6 is 35.0 Å². The summed E-state index contributed by atoms with van der Waals surface area (Å²) in [4.78, 5) is 40.4. The zero-order valence-corrected chi connectivity index (χ0v) is 28.3. The Morgan fingerprint density at radius 1 is 1.11 bits per heavy atom. The van der Waals surface area contributed by atoms with Gasteiger partial charge in [-0.05, 0) is 92.6 Å². The summed E-state index contributed by atoms with van der Waals surface area (Å²) in [7, 11) is 0. The van der Waals surface area contributed by atoms with Gasteiger partial charge in [-0.2, -0.15) is 0 Å². The minimum absolute atomic E-state index is 0.0493. The van der Waals surface area contributed by atoms with Crippen molar-refractivity contribution < 1.29 is 14.0 Å². The van der Waals surface area contributed by atoms with Crippen LogP contribution in [-0.2, 0) is 15.1 Å². The molecule has 45 heavy (non-hydrogen) atoms. The third kappa shape index (κ3) is 5.18. The van der Waals surface area contributed by atoms with Crippen LogP contribution in [-0.4, -0.2) is 68.9 Å². The standard InChI is InChI=1S/C34H38Cl2FN5O2S/c1-19(2)27-28(31(44)41-20(3)5-12-26(41)30(43)40-16-15-38-34(18-40)13-14-34)45-32-39-33(4,22-7-9-23(35)10-8-22)29(42(27)32)21-6-11-24(36)25(37)17-21/h6-11,17,19-20,26,29,38H,5,12-16,18H2,1-4H3/t20-,26-,29-,33+/m1/s1. The number of carbonyl (C=O) groups is 2. The van der Waals surface area contributed by atoms with Gasteiger partial charge in [0, 0.05) is 41.9 Å². The SMILES string of the molecule is CC(C)C1=C(C(=O)N2[C@H](C)CC[C@@H]2C(=O)N2CCNC3(CC3)C2)SC2=N[C@@](C)(c3ccc(Cl)cc3)[C@@H](c3ccc(Cl)c(F)c3)N21. The number of allylic oxidation sites excluding steroid dienone is 1. The maximum absolute atomic E-state index is 15.0. The van der Waals surface area contributed by atoms with Crippen LogP contribution in [0, 0.1) is 11.7 Å². The molecule has 1 N–H and O–H groups in total. The molecular formula is C34H38Cl2FN5O2S. The maximum Gasteiger partial charge on any atom is 0.263 e. The predicted molar refractivity (Wildman–Crippen MR) is 178 cm³/mol. The number of likely N-dealkylation sites (tertiary alicyclic amines) is 1. The lowest BCUT2D eigenvalue weighted by Crippen LogP contribution is -2.58. The van der Waals surface area contributed by atoms with Crippen molar-refractivity contribution >= 4 is 51.9 Å². The Morgan fingerprint density at radius 3 is 2.51 bits per heavy atom. The highest BCUT2D eigenvalue weighted by Gasteiger charge is 2.55. The van der Waals surface area contributed by atoms with Gasteiger partial charge in [0.05, 0.1) is 11.1 Å². The molecule has 0 aromatic heterocycles. The molecule has 238 valence electrons. The maximum atomic E-state index is 15.0. The first-order chi connectivity index (χ1) is 21.4. The van der Waals surface area contributed by atoms with Crippen LogP contribution in [0.1, 0.15) is 70.5 Å². The van der Waals surface area contributed by atoms with E-state index in [2.05, 4.69) is 24.1 Å². The summed E-state index contributed by atoms with van der Waals surface area (Å²) in [6, 6.07) is 11.5. The highest BCUT2D eigenvalue weighted by molar-refractivity contribution is 8.18. The molecule has 2 saturated heterocycles. The fraction of sp³-hybridized carbons (Fsp3) is 0.500. The molecule has 7 nitrogen and oxygen atoms in total. The Labute approximate surface area is 278 Å². The number of piperazine rings is 1. The van der Waals surface area contributed by atoms with Crippen LogP contribution in [0.3, 0.4) is 0 Å². The van der Waals surface area contributed by atoms with Crippen molar-refractivity contribution in [2.45, 2.75) is 82.6 Å². The number of hydrogen-bond acceptors (Lipinski definition) is 6. The molecule has 4 heterocycles. The lowest BCUT2D eigenvalue weighted by Gasteiger charge is -2.38. The van der Waals surface area contributed by atoms with Gasteiger partial charge in [0.25, 0.3) is 5.91 Å². The van der Waals surface area contributed by atoms with E-state index in [1.807, 2.05) is 54.0 Å². The van der Waals surface area contributed by atoms with E-state index < -0.39 is 23.4 Å². The molecule has 0 radical (unpaired) electrons. The molecular weight excluding hydrogens is 632 g/mol. The summed E-state index contributed by atoms with van der Waals surface area (Å²) in [6.07, 6.45) is 3.62. The quantitative estimate of drug-likeness (QED) is 0.383. The minimum atomic E-state index is -0.803. The van der Waals surface area contributed by atoms with Crippen LogP contribution < -0.4 is 5.32 Å². The molecule has 3 fully saturated rings. The lowest BCUT2D eigenvalue weighted by molar-refractivity contribution is -0.144. The van der Waals surface area contributed by atoms with E-state index in [0.29, 0.717) is 40.2 Å². The second-order valence-electron chi connectivity index (χ2n) is 13.6. The molecule has 0 bridgehead atoms. The van der Waals surface area contributed by atoms with Gasteiger partial charge >= 0.3 is 0 Å². The van der Waals surface area contributed by atoms with E-state index in [9.17, 15) is 14.0 Å². The molecule has 1 spiro atoms. The van der Waals surface area contributed by atoms with Gasteiger partial charge in [0.1, 0.15) is 22.3 Å². The van der Waals surface area contributed by atoms with Crippen LogP contribution in [0.15, 0.2) is 58.1 Å². The van der Waals surface area contributed by atoms with E-state index >= 15 is 0 Å². The highest BCUT2D eigenvalue weighted by atomic mass is 35.5. The van der Waals surface area contributed by atoms with E-state index in [4.69, 9.17) is 28.2 Å². The van der Waals surface area contributed by atoms with Crippen LogP contribution in [0.5, 0.6) is 0 Å². The minimum Gasteiger partial charge on any atom is -0.338 e. The van der Waals surface area contributed by atoms with Crippen molar-refractivity contribution in [3.63, 3.8) is 0 Å². The number of halogens is 3. The van der Waals surface area contributed by atoms with E-state index in [1.54, 1.807) is 6.07 Å². The van der Waals surface area contributed by atoms with Gasteiger partial charge in [-0.1, -0.05) is 55.2 Å². The fourth-order valence-corrected chi connectivity index (χ4v) is 9.22. The first kappa shape index (κ1) is 31.0. The Morgan fingerprint density at radius 2 is 1.84 bits per heavy atom. The summed E-state index contributed by atoms with van der Waals surface area (Å²) in [5, 5.41) is 4.93. The van der Waals surface area contributed by atoms with Gasteiger partial charge in [-0.25, -0.2) is 9.38 Å². The Balaban J connectivity index is 1.27. The number of hydrogen-bond donors (Lipinski definition) is 1. The summed E-state index contributed by atoms with van der Waals surface area (Å²) >= 11 is 13.7. The largest absolute Gasteiger partial charge is 0.338 e. The van der Waals surface area contributed by atoms with Crippen LogP contribution in [0.4, 0.5) is 4.39 Å². The van der Waals surface area contributed by atoms with Crippen molar-refractivity contribution in [2.24, 2.45) is 10.9 Å². The number of aliphatic imine (C=N–C) groups is 1. The van der Waals surface area contributed by atoms with Crippen molar-refractivity contribution in [3.05, 3.63) is 80.1 Å². The number of fused-ring (bicyclic) bond motifs is 1. The lowest BCUT2D eigenvalue weighted by atomic mass is 9.81. The zero-order chi connectivity index (χ0) is 31.8. The third-order valence-corrected chi connectivity index (χ3v) is 11.8. The first-order valence-electron chi connectivity index (χ1n) is 15.8. The zero-order valence-electron chi connectivity index (χ0n) is 25.9. The predicted octanol–water partition coefficient (Wildman–Crippen LogP) is 6.72. The van der Waals surface area contributed by atoms with Crippen LogP contribution in [0.2, 0.25) is 10.0 Å². The second kappa shape index (κ2) is 11.3. The number of thioether (sulfide) groups is 1. The number of benzene rings is 2. The molecule has 7 rings (SSSR count). The van der Waals surface area contributed by atoms with Crippen molar-refractivity contribution in [3.8, 4) is 0 Å². The molecule has 11 heteroatoms. The topological polar surface area (TPSA) is 68.2 Å². The number of carbonyl (C=O) groups excluding carboxylic acids is 2. The average Bonchev–Trinajstić information content (AvgIpc) is 3.33. The molecule has 4 atom stereocenters. The van der Waals surface area contributed by atoms with Crippen molar-refractivity contribution in [2.75, 3.05) is 19.6 Å². The van der Waals surface area contributed by atoms with E-state index in [-0.39, 0.29) is 34.3 Å². The Hall–Kier alpha value is -2.59.